The first-order chi connectivity index (χ1) is 8.50. The van der Waals surface area contributed by atoms with E-state index in [2.05, 4.69) is 42.0 Å². The summed E-state index contributed by atoms with van der Waals surface area (Å²) in [6.45, 7) is 7.26. The Labute approximate surface area is 118 Å². The van der Waals surface area contributed by atoms with E-state index < -0.39 is 6.10 Å². The summed E-state index contributed by atoms with van der Waals surface area (Å²) < 4.78 is 6.46. The van der Waals surface area contributed by atoms with E-state index >= 15 is 0 Å². The third-order valence-electron chi connectivity index (χ3n) is 2.94. The normalized spacial score (nSPS) is 14.6. The fraction of sp³-hybridized carbons (Fsp3) is 0.571. The average molecular weight is 316 g/mol. The molecule has 0 aliphatic carbocycles. The molecule has 2 unspecified atom stereocenters. The molecule has 0 aromatic heterocycles. The second-order valence-electron chi connectivity index (χ2n) is 4.84. The summed E-state index contributed by atoms with van der Waals surface area (Å²) in [6.07, 6.45) is -0.502. The molecule has 2 atom stereocenters. The van der Waals surface area contributed by atoms with Gasteiger partial charge in [-0.15, -0.1) is 0 Å². The van der Waals surface area contributed by atoms with Crippen LogP contribution in [0.15, 0.2) is 28.7 Å². The van der Waals surface area contributed by atoms with Crippen LogP contribution in [0, 0.1) is 5.92 Å². The molecule has 0 amide bonds. The maximum atomic E-state index is 9.83. The zero-order valence-electron chi connectivity index (χ0n) is 11.2. The Morgan fingerprint density at radius 2 is 1.94 bits per heavy atom. The summed E-state index contributed by atoms with van der Waals surface area (Å²) in [5.74, 6) is 1.31. The summed E-state index contributed by atoms with van der Waals surface area (Å²) in [6, 6.07) is 8.02. The third-order valence-corrected chi connectivity index (χ3v) is 3.60. The first-order valence-corrected chi connectivity index (χ1v) is 7.08. The molecule has 0 heterocycles. The first kappa shape index (κ1) is 15.5. The highest BCUT2D eigenvalue weighted by Crippen LogP contribution is 2.23. The minimum Gasteiger partial charge on any atom is -0.490 e. The van der Waals surface area contributed by atoms with Gasteiger partial charge in [-0.25, -0.2) is 0 Å². The molecule has 2 N–H and O–H groups in total. The minimum absolute atomic E-state index is 0.292. The predicted molar refractivity (Wildman–Crippen MR) is 77.9 cm³/mol. The van der Waals surface area contributed by atoms with Crippen LogP contribution in [0.2, 0.25) is 0 Å². The minimum atomic E-state index is -0.502. The van der Waals surface area contributed by atoms with Crippen molar-refractivity contribution in [2.75, 3.05) is 13.2 Å². The van der Waals surface area contributed by atoms with Crippen molar-refractivity contribution in [1.29, 1.82) is 0 Å². The van der Waals surface area contributed by atoms with Crippen molar-refractivity contribution < 1.29 is 9.84 Å². The Hall–Kier alpha value is -0.580. The molecule has 0 fully saturated rings. The van der Waals surface area contributed by atoms with Gasteiger partial charge in [0.05, 0.1) is 4.47 Å². The van der Waals surface area contributed by atoms with Crippen LogP contribution in [0.1, 0.15) is 20.8 Å². The van der Waals surface area contributed by atoms with Gasteiger partial charge in [-0.1, -0.05) is 26.0 Å². The van der Waals surface area contributed by atoms with Gasteiger partial charge in [0.2, 0.25) is 0 Å². The van der Waals surface area contributed by atoms with Gasteiger partial charge in [0.1, 0.15) is 18.5 Å². The topological polar surface area (TPSA) is 41.5 Å². The van der Waals surface area contributed by atoms with Gasteiger partial charge in [-0.05, 0) is 40.9 Å². The largest absolute Gasteiger partial charge is 0.490 e. The van der Waals surface area contributed by atoms with E-state index in [4.69, 9.17) is 4.74 Å². The van der Waals surface area contributed by atoms with Gasteiger partial charge in [0, 0.05) is 12.6 Å². The summed E-state index contributed by atoms with van der Waals surface area (Å²) in [7, 11) is 0. The van der Waals surface area contributed by atoms with Crippen LogP contribution in [0.3, 0.4) is 0 Å². The number of hydrogen-bond acceptors (Lipinski definition) is 3. The molecular weight excluding hydrogens is 294 g/mol. The lowest BCUT2D eigenvalue weighted by molar-refractivity contribution is 0.102. The van der Waals surface area contributed by atoms with Crippen LogP contribution >= 0.6 is 15.9 Å². The second-order valence-corrected chi connectivity index (χ2v) is 5.69. The number of hydrogen-bond donors (Lipinski definition) is 2. The van der Waals surface area contributed by atoms with Crippen LogP contribution < -0.4 is 10.1 Å². The van der Waals surface area contributed by atoms with E-state index in [1.807, 2.05) is 24.3 Å². The summed E-state index contributed by atoms with van der Waals surface area (Å²) >= 11 is 3.41. The quantitative estimate of drug-likeness (QED) is 0.813. The molecule has 0 radical (unpaired) electrons. The zero-order chi connectivity index (χ0) is 13.5. The van der Waals surface area contributed by atoms with Gasteiger partial charge in [-0.3, -0.25) is 0 Å². The van der Waals surface area contributed by atoms with Crippen molar-refractivity contribution in [2.45, 2.75) is 32.9 Å². The van der Waals surface area contributed by atoms with Crippen molar-refractivity contribution in [3.05, 3.63) is 28.7 Å². The molecule has 1 rings (SSSR count). The number of ether oxygens (including phenoxy) is 1. The van der Waals surface area contributed by atoms with Gasteiger partial charge in [0.25, 0.3) is 0 Å². The third kappa shape index (κ3) is 5.38. The Balaban J connectivity index is 2.29. The van der Waals surface area contributed by atoms with Gasteiger partial charge < -0.3 is 15.2 Å². The molecule has 4 heteroatoms. The number of nitrogens with one attached hydrogen (secondary N) is 1. The number of rotatable bonds is 7. The Kier molecular flexibility index (Phi) is 6.68. The number of benzene rings is 1. The van der Waals surface area contributed by atoms with Crippen LogP contribution in [0.25, 0.3) is 0 Å². The standard InChI is InChI=1S/C14H22BrNO2/c1-10(2)11(3)16-8-12(17)9-18-14-7-5-4-6-13(14)15/h4-7,10-12,16-17H,8-9H2,1-3H3. The lowest BCUT2D eigenvalue weighted by atomic mass is 10.1. The van der Waals surface area contributed by atoms with E-state index in [1.54, 1.807) is 0 Å². The predicted octanol–water partition coefficient (Wildman–Crippen LogP) is 2.82. The summed E-state index contributed by atoms with van der Waals surface area (Å²) in [5.41, 5.74) is 0. The Morgan fingerprint density at radius 1 is 1.28 bits per heavy atom. The average Bonchev–Trinajstić information content (AvgIpc) is 2.34. The fourth-order valence-electron chi connectivity index (χ4n) is 1.36. The molecule has 0 aliphatic rings. The molecule has 1 aromatic rings. The van der Waals surface area contributed by atoms with Crippen LogP contribution in [0.4, 0.5) is 0 Å². The highest BCUT2D eigenvalue weighted by Gasteiger charge is 2.10. The zero-order valence-corrected chi connectivity index (χ0v) is 12.8. The van der Waals surface area contributed by atoms with Crippen molar-refractivity contribution in [2.24, 2.45) is 5.92 Å². The maximum Gasteiger partial charge on any atom is 0.133 e. The SMILES string of the molecule is CC(C)C(C)NCC(O)COc1ccccc1Br. The maximum absolute atomic E-state index is 9.83. The first-order valence-electron chi connectivity index (χ1n) is 6.29. The van der Waals surface area contributed by atoms with E-state index in [1.165, 1.54) is 0 Å². The number of halogens is 1. The second kappa shape index (κ2) is 7.77. The van der Waals surface area contributed by atoms with E-state index in [0.717, 1.165) is 10.2 Å². The van der Waals surface area contributed by atoms with E-state index in [-0.39, 0.29) is 0 Å². The van der Waals surface area contributed by atoms with Crippen molar-refractivity contribution in [3.63, 3.8) is 0 Å². The Bertz CT molecular complexity index is 357. The molecule has 102 valence electrons. The lowest BCUT2D eigenvalue weighted by Gasteiger charge is -2.20. The Morgan fingerprint density at radius 3 is 2.56 bits per heavy atom. The van der Waals surface area contributed by atoms with Crippen molar-refractivity contribution >= 4 is 15.9 Å². The highest BCUT2D eigenvalue weighted by molar-refractivity contribution is 9.10. The monoisotopic (exact) mass is 315 g/mol. The molecule has 3 nitrogen and oxygen atoms in total. The molecule has 0 bridgehead atoms. The molecule has 18 heavy (non-hydrogen) atoms. The van der Waals surface area contributed by atoms with Crippen molar-refractivity contribution in [3.8, 4) is 5.75 Å². The lowest BCUT2D eigenvalue weighted by Crippen LogP contribution is -2.38. The van der Waals surface area contributed by atoms with E-state index in [0.29, 0.717) is 25.1 Å². The fourth-order valence-corrected chi connectivity index (χ4v) is 1.76. The molecule has 0 spiro atoms. The smallest absolute Gasteiger partial charge is 0.133 e. The molecule has 0 saturated carbocycles. The van der Waals surface area contributed by atoms with E-state index in [9.17, 15) is 5.11 Å². The van der Waals surface area contributed by atoms with Crippen LogP contribution in [0.5, 0.6) is 5.75 Å². The van der Waals surface area contributed by atoms with Crippen molar-refractivity contribution in [1.82, 2.24) is 5.32 Å². The van der Waals surface area contributed by atoms with Gasteiger partial charge in [-0.2, -0.15) is 0 Å². The van der Waals surface area contributed by atoms with Gasteiger partial charge in [0.15, 0.2) is 0 Å². The number of aliphatic hydroxyl groups excluding tert-OH is 1. The summed E-state index contributed by atoms with van der Waals surface area (Å²) in [5, 5.41) is 13.1. The number of para-hydroxylation sites is 1. The van der Waals surface area contributed by atoms with Crippen LogP contribution in [-0.2, 0) is 0 Å². The van der Waals surface area contributed by atoms with Crippen LogP contribution in [-0.4, -0.2) is 30.4 Å². The highest BCUT2D eigenvalue weighted by atomic mass is 79.9. The molecular formula is C14H22BrNO2. The molecule has 0 saturated heterocycles. The molecule has 0 aliphatic heterocycles. The summed E-state index contributed by atoms with van der Waals surface area (Å²) in [4.78, 5) is 0. The molecule has 1 aromatic carbocycles. The number of aliphatic hydroxyl groups is 1. The van der Waals surface area contributed by atoms with Gasteiger partial charge >= 0.3 is 0 Å².